The fourth-order valence-corrected chi connectivity index (χ4v) is 6.13. The second-order valence-corrected chi connectivity index (χ2v) is 10.9. The third-order valence-electron chi connectivity index (χ3n) is 3.91. The summed E-state index contributed by atoms with van der Waals surface area (Å²) in [6, 6.07) is 6.83. The summed E-state index contributed by atoms with van der Waals surface area (Å²) < 4.78 is 50.8. The summed E-state index contributed by atoms with van der Waals surface area (Å²) in [4.78, 5) is 0. The SMILES string of the molecule is CC(C)S(=O)(=O)N1CCC(c2ccccc2Cl)S(=O)(=O)CC1. The molecule has 1 aromatic rings. The average molecular weight is 366 g/mol. The van der Waals surface area contributed by atoms with Crippen molar-refractivity contribution >= 4 is 31.5 Å². The zero-order valence-corrected chi connectivity index (χ0v) is 15.0. The Balaban J connectivity index is 2.35. The first-order valence-corrected chi connectivity index (χ1v) is 10.7. The van der Waals surface area contributed by atoms with Gasteiger partial charge in [0, 0.05) is 18.1 Å². The highest BCUT2D eigenvalue weighted by molar-refractivity contribution is 7.92. The Bertz CT molecular complexity index is 744. The van der Waals surface area contributed by atoms with Crippen molar-refractivity contribution < 1.29 is 16.8 Å². The number of benzene rings is 1. The minimum Gasteiger partial charge on any atom is -0.228 e. The smallest absolute Gasteiger partial charge is 0.216 e. The van der Waals surface area contributed by atoms with Crippen molar-refractivity contribution in [1.82, 2.24) is 4.31 Å². The summed E-state index contributed by atoms with van der Waals surface area (Å²) in [6.07, 6.45) is 0.220. The summed E-state index contributed by atoms with van der Waals surface area (Å²) in [7, 11) is -6.90. The lowest BCUT2D eigenvalue weighted by Gasteiger charge is -2.22. The molecule has 1 aromatic carbocycles. The maximum Gasteiger partial charge on any atom is 0.216 e. The van der Waals surface area contributed by atoms with Gasteiger partial charge in [-0.05, 0) is 31.9 Å². The van der Waals surface area contributed by atoms with Crippen LogP contribution in [0.4, 0.5) is 0 Å². The number of halogens is 1. The number of sulfonamides is 1. The van der Waals surface area contributed by atoms with Gasteiger partial charge in [-0.2, -0.15) is 0 Å². The van der Waals surface area contributed by atoms with E-state index in [0.29, 0.717) is 10.6 Å². The van der Waals surface area contributed by atoms with Gasteiger partial charge in [0.25, 0.3) is 0 Å². The highest BCUT2D eigenvalue weighted by atomic mass is 35.5. The summed E-state index contributed by atoms with van der Waals surface area (Å²) in [5.74, 6) is -0.186. The number of rotatable bonds is 3. The molecule has 0 aromatic heterocycles. The van der Waals surface area contributed by atoms with E-state index in [-0.39, 0.29) is 25.3 Å². The molecule has 5 nitrogen and oxygen atoms in total. The molecule has 1 aliphatic rings. The summed E-state index contributed by atoms with van der Waals surface area (Å²) in [5, 5.41) is -0.920. The Labute approximate surface area is 137 Å². The largest absolute Gasteiger partial charge is 0.228 e. The van der Waals surface area contributed by atoms with E-state index in [1.165, 1.54) is 4.31 Å². The second kappa shape index (κ2) is 6.47. The first kappa shape index (κ1) is 17.7. The quantitative estimate of drug-likeness (QED) is 0.823. The predicted octanol–water partition coefficient (Wildman–Crippen LogP) is 2.24. The van der Waals surface area contributed by atoms with Crippen molar-refractivity contribution in [3.05, 3.63) is 34.9 Å². The molecule has 0 bridgehead atoms. The molecule has 1 atom stereocenters. The van der Waals surface area contributed by atoms with Crippen LogP contribution in [0, 0.1) is 0 Å². The van der Waals surface area contributed by atoms with Crippen LogP contribution in [-0.4, -0.2) is 45.2 Å². The number of hydrogen-bond acceptors (Lipinski definition) is 4. The van der Waals surface area contributed by atoms with Gasteiger partial charge in [0.1, 0.15) is 0 Å². The molecule has 22 heavy (non-hydrogen) atoms. The molecule has 1 unspecified atom stereocenters. The van der Waals surface area contributed by atoms with Crippen LogP contribution in [0.5, 0.6) is 0 Å². The summed E-state index contributed by atoms with van der Waals surface area (Å²) in [6.45, 7) is 3.39. The van der Waals surface area contributed by atoms with Crippen LogP contribution in [-0.2, 0) is 19.9 Å². The van der Waals surface area contributed by atoms with Gasteiger partial charge in [-0.3, -0.25) is 0 Å². The standard InChI is InChI=1S/C14H20ClNO4S2/c1-11(2)22(19,20)16-8-7-14(21(17,18)10-9-16)12-5-3-4-6-13(12)15/h3-6,11,14H,7-10H2,1-2H3. The Morgan fingerprint density at radius 2 is 1.86 bits per heavy atom. The highest BCUT2D eigenvalue weighted by Gasteiger charge is 2.36. The minimum atomic E-state index is -3.45. The molecule has 1 aliphatic heterocycles. The van der Waals surface area contributed by atoms with Gasteiger partial charge in [-0.25, -0.2) is 21.1 Å². The molecule has 2 rings (SSSR count). The second-order valence-electron chi connectivity index (χ2n) is 5.66. The monoisotopic (exact) mass is 365 g/mol. The van der Waals surface area contributed by atoms with E-state index >= 15 is 0 Å². The lowest BCUT2D eigenvalue weighted by molar-refractivity contribution is 0.422. The first-order valence-electron chi connectivity index (χ1n) is 7.11. The van der Waals surface area contributed by atoms with Crippen LogP contribution < -0.4 is 0 Å². The molecule has 0 N–H and O–H groups in total. The van der Waals surface area contributed by atoms with Crippen molar-refractivity contribution in [2.45, 2.75) is 30.8 Å². The fourth-order valence-electron chi connectivity index (χ4n) is 2.56. The van der Waals surface area contributed by atoms with Crippen LogP contribution >= 0.6 is 11.6 Å². The molecule has 0 aliphatic carbocycles. The first-order chi connectivity index (χ1) is 10.2. The van der Waals surface area contributed by atoms with Gasteiger partial charge in [-0.1, -0.05) is 29.8 Å². The van der Waals surface area contributed by atoms with E-state index in [2.05, 4.69) is 0 Å². The third-order valence-corrected chi connectivity index (χ3v) is 8.64. The van der Waals surface area contributed by atoms with Gasteiger partial charge in [-0.15, -0.1) is 0 Å². The van der Waals surface area contributed by atoms with Gasteiger partial charge in [0.2, 0.25) is 10.0 Å². The maximum absolute atomic E-state index is 12.5. The topological polar surface area (TPSA) is 71.5 Å². The lowest BCUT2D eigenvalue weighted by atomic mass is 10.1. The molecule has 0 spiro atoms. The van der Waals surface area contributed by atoms with Crippen LogP contribution in [0.1, 0.15) is 31.1 Å². The van der Waals surface area contributed by atoms with E-state index in [9.17, 15) is 16.8 Å². The molecule has 124 valence electrons. The molecular weight excluding hydrogens is 346 g/mol. The van der Waals surface area contributed by atoms with Crippen molar-refractivity contribution in [3.8, 4) is 0 Å². The van der Waals surface area contributed by atoms with Crippen molar-refractivity contribution in [3.63, 3.8) is 0 Å². The summed E-state index contributed by atoms with van der Waals surface area (Å²) >= 11 is 6.12. The fraction of sp³-hybridized carbons (Fsp3) is 0.571. The third kappa shape index (κ3) is 3.48. The van der Waals surface area contributed by atoms with E-state index < -0.39 is 30.4 Å². The molecule has 0 saturated carbocycles. The maximum atomic E-state index is 12.5. The number of hydrogen-bond donors (Lipinski definition) is 0. The van der Waals surface area contributed by atoms with Crippen molar-refractivity contribution in [1.29, 1.82) is 0 Å². The molecule has 0 amide bonds. The molecule has 0 radical (unpaired) electrons. The van der Waals surface area contributed by atoms with Crippen LogP contribution in [0.3, 0.4) is 0 Å². The van der Waals surface area contributed by atoms with Crippen molar-refractivity contribution in [2.75, 3.05) is 18.8 Å². The Hall–Kier alpha value is -0.630. The normalized spacial score (nSPS) is 23.4. The van der Waals surface area contributed by atoms with E-state index in [4.69, 9.17) is 11.6 Å². The molecule has 1 saturated heterocycles. The zero-order chi connectivity index (χ0) is 16.5. The van der Waals surface area contributed by atoms with Gasteiger partial charge in [0.05, 0.1) is 16.3 Å². The molecule has 1 fully saturated rings. The Morgan fingerprint density at radius 3 is 2.45 bits per heavy atom. The van der Waals surface area contributed by atoms with Crippen LogP contribution in [0.15, 0.2) is 24.3 Å². The van der Waals surface area contributed by atoms with Crippen LogP contribution in [0.25, 0.3) is 0 Å². The highest BCUT2D eigenvalue weighted by Crippen LogP contribution is 2.34. The number of nitrogens with zero attached hydrogens (tertiary/aromatic N) is 1. The molecular formula is C14H20ClNO4S2. The zero-order valence-electron chi connectivity index (χ0n) is 12.6. The van der Waals surface area contributed by atoms with E-state index in [0.717, 1.165) is 0 Å². The average Bonchev–Trinajstić information content (AvgIpc) is 2.58. The van der Waals surface area contributed by atoms with Gasteiger partial charge >= 0.3 is 0 Å². The predicted molar refractivity (Wildman–Crippen MR) is 88.2 cm³/mol. The van der Waals surface area contributed by atoms with E-state index in [1.54, 1.807) is 38.1 Å². The molecule has 8 heteroatoms. The summed E-state index contributed by atoms with van der Waals surface area (Å²) in [5.41, 5.74) is 0.549. The van der Waals surface area contributed by atoms with Gasteiger partial charge < -0.3 is 0 Å². The van der Waals surface area contributed by atoms with Gasteiger partial charge in [0.15, 0.2) is 9.84 Å². The van der Waals surface area contributed by atoms with Crippen molar-refractivity contribution in [2.24, 2.45) is 0 Å². The number of sulfone groups is 1. The lowest BCUT2D eigenvalue weighted by Crippen LogP contribution is -2.38. The molecule has 1 heterocycles. The van der Waals surface area contributed by atoms with E-state index in [1.807, 2.05) is 0 Å². The minimum absolute atomic E-state index is 0.00377. The Kier molecular flexibility index (Phi) is 5.21. The van der Waals surface area contributed by atoms with Crippen LogP contribution in [0.2, 0.25) is 5.02 Å². The Morgan fingerprint density at radius 1 is 1.23 bits per heavy atom.